The Morgan fingerprint density at radius 3 is 2.60 bits per heavy atom. The molecule has 0 bridgehead atoms. The summed E-state index contributed by atoms with van der Waals surface area (Å²) in [6.45, 7) is 0.394. The fraction of sp³-hybridized carbons (Fsp3) is 0.308. The second-order valence-electron chi connectivity index (χ2n) is 4.41. The minimum Gasteiger partial charge on any atom is -0.338 e. The van der Waals surface area contributed by atoms with Crippen LogP contribution in [0.3, 0.4) is 0 Å². The average molecular weight is 358 g/mol. The van der Waals surface area contributed by atoms with Gasteiger partial charge in [-0.05, 0) is 30.7 Å². The number of hydrogen-bond donors (Lipinski definition) is 1. The van der Waals surface area contributed by atoms with Crippen LogP contribution < -0.4 is 4.72 Å². The van der Waals surface area contributed by atoms with E-state index in [-0.39, 0.29) is 4.90 Å². The van der Waals surface area contributed by atoms with Crippen molar-refractivity contribution >= 4 is 26.0 Å². The van der Waals surface area contributed by atoms with Crippen LogP contribution in [0.2, 0.25) is 0 Å². The lowest BCUT2D eigenvalue weighted by atomic mass is 10.3. The van der Waals surface area contributed by atoms with Crippen molar-refractivity contribution in [1.29, 1.82) is 0 Å². The van der Waals surface area contributed by atoms with Gasteiger partial charge in [0.1, 0.15) is 5.82 Å². The number of benzene rings is 1. The summed E-state index contributed by atoms with van der Waals surface area (Å²) in [5.74, 6) is 0.952. The first-order valence-corrected chi connectivity index (χ1v) is 8.48. The Morgan fingerprint density at radius 1 is 1.30 bits per heavy atom. The summed E-state index contributed by atoms with van der Waals surface area (Å²) in [6, 6.07) is 6.57. The molecule has 0 amide bonds. The Hall–Kier alpha value is -1.18. The molecule has 7 heteroatoms. The van der Waals surface area contributed by atoms with Gasteiger partial charge in [0.15, 0.2) is 0 Å². The molecule has 5 nitrogen and oxygen atoms in total. The van der Waals surface area contributed by atoms with Gasteiger partial charge in [0.05, 0.1) is 4.90 Å². The Kier molecular flexibility index (Phi) is 4.95. The van der Waals surface area contributed by atoms with E-state index in [9.17, 15) is 8.42 Å². The van der Waals surface area contributed by atoms with Crippen molar-refractivity contribution in [3.05, 3.63) is 47.0 Å². The molecule has 0 aliphatic carbocycles. The van der Waals surface area contributed by atoms with Crippen LogP contribution in [0, 0.1) is 0 Å². The maximum atomic E-state index is 12.0. The zero-order chi connectivity index (χ0) is 14.6. The average Bonchev–Trinajstić information content (AvgIpc) is 2.81. The largest absolute Gasteiger partial charge is 0.338 e. The molecule has 0 radical (unpaired) electrons. The van der Waals surface area contributed by atoms with Crippen molar-refractivity contribution < 1.29 is 8.42 Å². The van der Waals surface area contributed by atoms with E-state index in [2.05, 4.69) is 25.6 Å². The first-order chi connectivity index (χ1) is 9.49. The van der Waals surface area contributed by atoms with E-state index in [4.69, 9.17) is 0 Å². The summed E-state index contributed by atoms with van der Waals surface area (Å²) in [5, 5.41) is 0. The fourth-order valence-corrected chi connectivity index (χ4v) is 3.13. The minimum absolute atomic E-state index is 0.276. The van der Waals surface area contributed by atoms with Gasteiger partial charge in [-0.2, -0.15) is 0 Å². The van der Waals surface area contributed by atoms with Gasteiger partial charge in [0.25, 0.3) is 0 Å². The van der Waals surface area contributed by atoms with Crippen molar-refractivity contribution in [2.45, 2.75) is 17.7 Å². The molecule has 0 unspecified atom stereocenters. The summed E-state index contributed by atoms with van der Waals surface area (Å²) in [5.41, 5.74) is 0. The van der Waals surface area contributed by atoms with Gasteiger partial charge in [-0.3, -0.25) is 0 Å². The van der Waals surface area contributed by atoms with Crippen molar-refractivity contribution in [3.63, 3.8) is 0 Å². The Bertz CT molecular complexity index is 665. The van der Waals surface area contributed by atoms with E-state index in [1.807, 2.05) is 17.8 Å². The van der Waals surface area contributed by atoms with E-state index >= 15 is 0 Å². The molecule has 0 spiro atoms. The fourth-order valence-electron chi connectivity index (χ4n) is 1.79. The highest BCUT2D eigenvalue weighted by Gasteiger charge is 2.12. The quantitative estimate of drug-likeness (QED) is 0.805. The number of nitrogens with zero attached hydrogens (tertiary/aromatic N) is 2. The molecule has 0 aliphatic heterocycles. The molecule has 1 N–H and O–H groups in total. The van der Waals surface area contributed by atoms with Gasteiger partial charge in [0, 0.05) is 36.9 Å². The summed E-state index contributed by atoms with van der Waals surface area (Å²) < 4.78 is 29.4. The van der Waals surface area contributed by atoms with E-state index < -0.39 is 10.0 Å². The van der Waals surface area contributed by atoms with Crippen molar-refractivity contribution in [3.8, 4) is 0 Å². The smallest absolute Gasteiger partial charge is 0.240 e. The normalized spacial score (nSPS) is 11.7. The number of halogens is 1. The third-order valence-corrected chi connectivity index (χ3v) is 4.92. The molecule has 0 saturated carbocycles. The number of imidazole rings is 1. The number of rotatable bonds is 6. The van der Waals surface area contributed by atoms with Crippen molar-refractivity contribution in [2.24, 2.45) is 7.05 Å². The molecule has 108 valence electrons. The number of aromatic nitrogens is 2. The summed E-state index contributed by atoms with van der Waals surface area (Å²) in [4.78, 5) is 4.47. The maximum absolute atomic E-state index is 12.0. The molecule has 1 heterocycles. The zero-order valence-electron chi connectivity index (χ0n) is 11.1. The van der Waals surface area contributed by atoms with Gasteiger partial charge in [0.2, 0.25) is 10.0 Å². The van der Waals surface area contributed by atoms with Crippen molar-refractivity contribution in [1.82, 2.24) is 14.3 Å². The van der Waals surface area contributed by atoms with E-state index in [1.54, 1.807) is 30.5 Å². The Labute approximate surface area is 127 Å². The summed E-state index contributed by atoms with van der Waals surface area (Å²) in [7, 11) is -1.50. The van der Waals surface area contributed by atoms with Crippen molar-refractivity contribution in [2.75, 3.05) is 6.54 Å². The lowest BCUT2D eigenvalue weighted by Gasteiger charge is -2.07. The molecule has 0 saturated heterocycles. The highest BCUT2D eigenvalue weighted by atomic mass is 79.9. The number of sulfonamides is 1. The topological polar surface area (TPSA) is 64.0 Å². The van der Waals surface area contributed by atoms with Crippen LogP contribution >= 0.6 is 15.9 Å². The highest BCUT2D eigenvalue weighted by Crippen LogP contribution is 2.14. The van der Waals surface area contributed by atoms with Gasteiger partial charge < -0.3 is 4.57 Å². The lowest BCUT2D eigenvalue weighted by molar-refractivity contribution is 0.577. The van der Waals surface area contributed by atoms with Gasteiger partial charge in [-0.1, -0.05) is 15.9 Å². The second-order valence-corrected chi connectivity index (χ2v) is 7.09. The number of aryl methyl sites for hydroxylation is 2. The van der Waals surface area contributed by atoms with Crippen LogP contribution in [-0.2, 0) is 23.5 Å². The first kappa shape index (κ1) is 15.2. The number of hydrogen-bond acceptors (Lipinski definition) is 3. The summed E-state index contributed by atoms with van der Waals surface area (Å²) in [6.07, 6.45) is 5.07. The predicted octanol–water partition coefficient (Wildman–Crippen LogP) is 2.09. The first-order valence-electron chi connectivity index (χ1n) is 6.20. The highest BCUT2D eigenvalue weighted by molar-refractivity contribution is 9.10. The monoisotopic (exact) mass is 357 g/mol. The molecular weight excluding hydrogens is 342 g/mol. The zero-order valence-corrected chi connectivity index (χ0v) is 13.5. The van der Waals surface area contributed by atoms with E-state index in [0.717, 1.165) is 16.7 Å². The third-order valence-electron chi connectivity index (χ3n) is 2.91. The van der Waals surface area contributed by atoms with Gasteiger partial charge in [-0.15, -0.1) is 0 Å². The van der Waals surface area contributed by atoms with Crippen LogP contribution in [0.1, 0.15) is 12.2 Å². The molecule has 1 aromatic carbocycles. The lowest BCUT2D eigenvalue weighted by Crippen LogP contribution is -2.25. The van der Waals surface area contributed by atoms with Gasteiger partial charge >= 0.3 is 0 Å². The maximum Gasteiger partial charge on any atom is 0.240 e. The molecular formula is C13H16BrN3O2S. The van der Waals surface area contributed by atoms with Crippen LogP contribution in [0.15, 0.2) is 46.0 Å². The van der Waals surface area contributed by atoms with Gasteiger partial charge in [-0.25, -0.2) is 18.1 Å². The molecule has 0 atom stereocenters. The Morgan fingerprint density at radius 2 is 2.00 bits per heavy atom. The third kappa shape index (κ3) is 3.91. The van der Waals surface area contributed by atoms with E-state index in [0.29, 0.717) is 13.0 Å². The molecule has 1 aromatic heterocycles. The minimum atomic E-state index is -3.43. The SMILES string of the molecule is Cn1ccnc1CCCNS(=O)(=O)c1ccc(Br)cc1. The van der Waals surface area contributed by atoms with E-state index in [1.165, 1.54) is 0 Å². The number of nitrogens with one attached hydrogen (secondary N) is 1. The van der Waals surface area contributed by atoms with Crippen LogP contribution in [0.4, 0.5) is 0 Å². The summed E-state index contributed by atoms with van der Waals surface area (Å²) >= 11 is 3.28. The standard InChI is InChI=1S/C13H16BrN3O2S/c1-17-10-9-15-13(17)3-2-8-16-20(18,19)12-6-4-11(14)5-7-12/h4-7,9-10,16H,2-3,8H2,1H3. The molecule has 0 fully saturated rings. The molecule has 20 heavy (non-hydrogen) atoms. The molecule has 2 aromatic rings. The second kappa shape index (κ2) is 6.51. The Balaban J connectivity index is 1.87. The van der Waals surface area contributed by atoms with Crippen LogP contribution in [0.25, 0.3) is 0 Å². The van der Waals surface area contributed by atoms with Crippen LogP contribution in [-0.4, -0.2) is 24.5 Å². The van der Waals surface area contributed by atoms with Crippen LogP contribution in [0.5, 0.6) is 0 Å². The molecule has 2 rings (SSSR count). The predicted molar refractivity (Wildman–Crippen MR) is 80.9 cm³/mol. The molecule has 0 aliphatic rings.